The Bertz CT molecular complexity index is 727. The summed E-state index contributed by atoms with van der Waals surface area (Å²) in [6.45, 7) is 5.26. The summed E-state index contributed by atoms with van der Waals surface area (Å²) in [6, 6.07) is 7.53. The first kappa shape index (κ1) is 18.4. The van der Waals surface area contributed by atoms with Crippen LogP contribution in [0, 0.1) is 17.3 Å². The molecular formula is C17H23NO5S. The standard InChI is InChI=1S/C17H23NO5S/c1-4-11(10-24(22,23)12-8-6-5-7-9-12)18-15(19)13-14(16(20)21)17(13,2)3/h5-9,11,13-14H,4,10H2,1-3H3,(H,18,19)(H,20,21)/t11?,13-,14+/m0/s1. The summed E-state index contributed by atoms with van der Waals surface area (Å²) < 4.78 is 24.8. The highest BCUT2D eigenvalue weighted by molar-refractivity contribution is 7.91. The van der Waals surface area contributed by atoms with E-state index < -0.39 is 39.1 Å². The predicted octanol–water partition coefficient (Wildman–Crippen LogP) is 1.71. The molecule has 1 unspecified atom stereocenters. The van der Waals surface area contributed by atoms with Gasteiger partial charge in [0.15, 0.2) is 9.84 Å². The Morgan fingerprint density at radius 1 is 1.21 bits per heavy atom. The van der Waals surface area contributed by atoms with Crippen LogP contribution in [0.2, 0.25) is 0 Å². The molecule has 24 heavy (non-hydrogen) atoms. The molecule has 2 rings (SSSR count). The van der Waals surface area contributed by atoms with Crippen molar-refractivity contribution in [2.45, 2.75) is 38.1 Å². The van der Waals surface area contributed by atoms with Gasteiger partial charge in [-0.15, -0.1) is 0 Å². The van der Waals surface area contributed by atoms with Crippen molar-refractivity contribution in [2.24, 2.45) is 17.3 Å². The summed E-state index contributed by atoms with van der Waals surface area (Å²) in [6.07, 6.45) is 0.447. The van der Waals surface area contributed by atoms with Crippen molar-refractivity contribution in [1.29, 1.82) is 0 Å². The van der Waals surface area contributed by atoms with E-state index in [0.717, 1.165) is 0 Å². The van der Waals surface area contributed by atoms with Gasteiger partial charge < -0.3 is 10.4 Å². The molecule has 0 spiro atoms. The maximum Gasteiger partial charge on any atom is 0.307 e. The van der Waals surface area contributed by atoms with E-state index in [1.165, 1.54) is 12.1 Å². The van der Waals surface area contributed by atoms with Crippen molar-refractivity contribution in [3.63, 3.8) is 0 Å². The highest BCUT2D eigenvalue weighted by Crippen LogP contribution is 2.58. The number of hydrogen-bond donors (Lipinski definition) is 2. The molecule has 0 saturated heterocycles. The topological polar surface area (TPSA) is 101 Å². The fraction of sp³-hybridized carbons (Fsp3) is 0.529. The summed E-state index contributed by atoms with van der Waals surface area (Å²) >= 11 is 0. The fourth-order valence-corrected chi connectivity index (χ4v) is 4.74. The fourth-order valence-electron chi connectivity index (χ4n) is 3.13. The van der Waals surface area contributed by atoms with E-state index in [1.54, 1.807) is 39.0 Å². The molecule has 1 aromatic rings. The Labute approximate surface area is 142 Å². The monoisotopic (exact) mass is 353 g/mol. The van der Waals surface area contributed by atoms with E-state index in [4.69, 9.17) is 5.11 Å². The molecule has 6 nitrogen and oxygen atoms in total. The molecular weight excluding hydrogens is 330 g/mol. The van der Waals surface area contributed by atoms with Crippen molar-refractivity contribution < 1.29 is 23.1 Å². The summed E-state index contributed by atoms with van der Waals surface area (Å²) in [5, 5.41) is 11.9. The molecule has 0 bridgehead atoms. The average molecular weight is 353 g/mol. The van der Waals surface area contributed by atoms with Crippen LogP contribution in [0.5, 0.6) is 0 Å². The van der Waals surface area contributed by atoms with Crippen LogP contribution in [0.1, 0.15) is 27.2 Å². The number of nitrogens with one attached hydrogen (secondary N) is 1. The van der Waals surface area contributed by atoms with Crippen molar-refractivity contribution in [2.75, 3.05) is 5.75 Å². The van der Waals surface area contributed by atoms with Gasteiger partial charge in [-0.2, -0.15) is 0 Å². The number of sulfone groups is 1. The number of hydrogen-bond acceptors (Lipinski definition) is 4. The molecule has 1 aliphatic rings. The smallest absolute Gasteiger partial charge is 0.307 e. The summed E-state index contributed by atoms with van der Waals surface area (Å²) in [7, 11) is -3.51. The lowest BCUT2D eigenvalue weighted by Gasteiger charge is -2.17. The van der Waals surface area contributed by atoms with Crippen LogP contribution in [0.25, 0.3) is 0 Å². The molecule has 1 aromatic carbocycles. The molecule has 1 aliphatic carbocycles. The SMILES string of the molecule is CCC(CS(=O)(=O)c1ccccc1)NC(=O)[C@@H]1[C@H](C(=O)O)C1(C)C. The van der Waals surface area contributed by atoms with Gasteiger partial charge in [-0.25, -0.2) is 8.42 Å². The third-order valence-electron chi connectivity index (χ3n) is 4.74. The highest BCUT2D eigenvalue weighted by Gasteiger charge is 2.66. The van der Waals surface area contributed by atoms with Crippen LogP contribution in [-0.2, 0) is 19.4 Å². The number of carboxylic acid groups (broad SMARTS) is 1. The lowest BCUT2D eigenvalue weighted by Crippen LogP contribution is -2.41. The molecule has 2 N–H and O–H groups in total. The first-order valence-corrected chi connectivity index (χ1v) is 9.57. The van der Waals surface area contributed by atoms with Gasteiger partial charge in [-0.3, -0.25) is 9.59 Å². The maximum atomic E-state index is 12.4. The van der Waals surface area contributed by atoms with E-state index >= 15 is 0 Å². The lowest BCUT2D eigenvalue weighted by molar-refractivity contribution is -0.140. The van der Waals surface area contributed by atoms with E-state index in [2.05, 4.69) is 5.32 Å². The zero-order valence-electron chi connectivity index (χ0n) is 14.0. The lowest BCUT2D eigenvalue weighted by atomic mass is 10.1. The Morgan fingerprint density at radius 3 is 2.25 bits per heavy atom. The summed E-state index contributed by atoms with van der Waals surface area (Å²) in [5.41, 5.74) is -0.605. The normalized spacial score (nSPS) is 23.3. The minimum absolute atomic E-state index is 0.204. The van der Waals surface area contributed by atoms with Crippen molar-refractivity contribution in [3.8, 4) is 0 Å². The molecule has 0 radical (unpaired) electrons. The molecule has 1 amide bonds. The Kier molecular flexibility index (Phi) is 5.03. The zero-order chi connectivity index (χ0) is 18.1. The Balaban J connectivity index is 2.06. The predicted molar refractivity (Wildman–Crippen MR) is 89.1 cm³/mol. The highest BCUT2D eigenvalue weighted by atomic mass is 32.2. The largest absolute Gasteiger partial charge is 0.481 e. The third-order valence-corrected chi connectivity index (χ3v) is 6.57. The van der Waals surface area contributed by atoms with Gasteiger partial charge in [0.2, 0.25) is 5.91 Å². The van der Waals surface area contributed by atoms with Crippen molar-refractivity contribution in [1.82, 2.24) is 5.32 Å². The number of aliphatic carboxylic acids is 1. The van der Waals surface area contributed by atoms with Crippen LogP contribution in [-0.4, -0.2) is 37.2 Å². The summed E-state index contributed by atoms with van der Waals surface area (Å²) in [5.74, 6) is -2.93. The Morgan fingerprint density at radius 2 is 1.79 bits per heavy atom. The van der Waals surface area contributed by atoms with Gasteiger partial charge in [0.25, 0.3) is 0 Å². The zero-order valence-corrected chi connectivity index (χ0v) is 14.8. The van der Waals surface area contributed by atoms with Crippen LogP contribution in [0.3, 0.4) is 0 Å². The van der Waals surface area contributed by atoms with Crippen molar-refractivity contribution in [3.05, 3.63) is 30.3 Å². The second kappa shape index (κ2) is 6.55. The molecule has 132 valence electrons. The number of carbonyl (C=O) groups is 2. The number of amides is 1. The minimum atomic E-state index is -3.51. The van der Waals surface area contributed by atoms with E-state index in [-0.39, 0.29) is 16.6 Å². The van der Waals surface area contributed by atoms with Gasteiger partial charge in [-0.1, -0.05) is 39.0 Å². The average Bonchev–Trinajstić information content (AvgIpc) is 3.10. The van der Waals surface area contributed by atoms with Gasteiger partial charge in [0, 0.05) is 6.04 Å². The van der Waals surface area contributed by atoms with Crippen LogP contribution in [0.4, 0.5) is 0 Å². The second-order valence-corrected chi connectivity index (χ2v) is 8.86. The number of carboxylic acids is 1. The molecule has 3 atom stereocenters. The first-order chi connectivity index (χ1) is 11.1. The number of rotatable bonds is 7. The Hall–Kier alpha value is -1.89. The van der Waals surface area contributed by atoms with Crippen molar-refractivity contribution >= 4 is 21.7 Å². The molecule has 0 heterocycles. The van der Waals surface area contributed by atoms with E-state index in [9.17, 15) is 18.0 Å². The van der Waals surface area contributed by atoms with Gasteiger partial charge in [0.1, 0.15) is 0 Å². The molecule has 7 heteroatoms. The molecule has 0 aromatic heterocycles. The van der Waals surface area contributed by atoms with Crippen LogP contribution < -0.4 is 5.32 Å². The number of benzene rings is 1. The maximum absolute atomic E-state index is 12.4. The quantitative estimate of drug-likeness (QED) is 0.777. The van der Waals surface area contributed by atoms with Gasteiger partial charge in [-0.05, 0) is 24.0 Å². The van der Waals surface area contributed by atoms with Crippen LogP contribution in [0.15, 0.2) is 35.2 Å². The third kappa shape index (κ3) is 3.61. The molecule has 1 saturated carbocycles. The van der Waals surface area contributed by atoms with Gasteiger partial charge >= 0.3 is 5.97 Å². The minimum Gasteiger partial charge on any atom is -0.481 e. The summed E-state index contributed by atoms with van der Waals surface area (Å²) in [4.78, 5) is 23.8. The molecule has 1 fully saturated rings. The van der Waals surface area contributed by atoms with Crippen LogP contribution >= 0.6 is 0 Å². The first-order valence-electron chi connectivity index (χ1n) is 7.92. The van der Waals surface area contributed by atoms with Gasteiger partial charge in [0.05, 0.1) is 22.5 Å². The number of carbonyl (C=O) groups excluding carboxylic acids is 1. The van der Waals surface area contributed by atoms with E-state index in [0.29, 0.717) is 6.42 Å². The molecule has 0 aliphatic heterocycles. The van der Waals surface area contributed by atoms with E-state index in [1.807, 2.05) is 0 Å². The second-order valence-electron chi connectivity index (χ2n) is 6.82.